The first kappa shape index (κ1) is 21.7. The lowest BCUT2D eigenvalue weighted by Crippen LogP contribution is -2.36. The van der Waals surface area contributed by atoms with Crippen LogP contribution in [0.5, 0.6) is 5.75 Å². The molecule has 6 nitrogen and oxygen atoms in total. The third-order valence-corrected chi connectivity index (χ3v) is 5.51. The molecule has 0 saturated heterocycles. The molecule has 0 radical (unpaired) electrons. The number of nitrogens with one attached hydrogen (secondary N) is 1. The molecule has 3 aromatic rings. The van der Waals surface area contributed by atoms with E-state index in [1.165, 1.54) is 22.3 Å². The van der Waals surface area contributed by atoms with Crippen molar-refractivity contribution >= 4 is 22.5 Å². The van der Waals surface area contributed by atoms with Crippen LogP contribution in [0.15, 0.2) is 48.7 Å². The van der Waals surface area contributed by atoms with Gasteiger partial charge in [-0.2, -0.15) is 0 Å². The van der Waals surface area contributed by atoms with Gasteiger partial charge in [0.1, 0.15) is 11.6 Å². The molecule has 0 atom stereocenters. The fraction of sp³-hybridized carbons (Fsp3) is 0.273. The van der Waals surface area contributed by atoms with Gasteiger partial charge in [-0.25, -0.2) is 14.2 Å². The van der Waals surface area contributed by atoms with Crippen LogP contribution in [0.25, 0.3) is 0 Å². The Morgan fingerprint density at radius 1 is 1.30 bits per heavy atom. The number of halogens is 1. The van der Waals surface area contributed by atoms with Crippen LogP contribution < -0.4 is 10.1 Å². The number of methoxy groups -OCH3 is 1. The van der Waals surface area contributed by atoms with E-state index in [0.29, 0.717) is 22.9 Å². The normalized spacial score (nSPS) is 10.7. The second kappa shape index (κ2) is 10.2. The quantitative estimate of drug-likeness (QED) is 0.562. The first-order chi connectivity index (χ1) is 14.5. The molecule has 0 fully saturated rings. The van der Waals surface area contributed by atoms with Crippen LogP contribution in [-0.4, -0.2) is 41.3 Å². The predicted molar refractivity (Wildman–Crippen MR) is 116 cm³/mol. The van der Waals surface area contributed by atoms with Crippen LogP contribution in [0.2, 0.25) is 0 Å². The molecule has 2 amide bonds. The van der Waals surface area contributed by atoms with Crippen molar-refractivity contribution in [2.75, 3.05) is 25.6 Å². The molecule has 1 heterocycles. The fourth-order valence-corrected chi connectivity index (χ4v) is 3.81. The van der Waals surface area contributed by atoms with Crippen LogP contribution in [0.4, 0.5) is 14.3 Å². The monoisotopic (exact) mass is 429 g/mol. The number of amides is 2. The second-order valence-corrected chi connectivity index (χ2v) is 7.89. The van der Waals surface area contributed by atoms with Crippen molar-refractivity contribution < 1.29 is 19.0 Å². The topological polar surface area (TPSA) is 74.7 Å². The number of benzene rings is 2. The van der Waals surface area contributed by atoms with Gasteiger partial charge in [0.25, 0.3) is 0 Å². The van der Waals surface area contributed by atoms with E-state index >= 15 is 0 Å². The van der Waals surface area contributed by atoms with Crippen LogP contribution in [0.3, 0.4) is 0 Å². The minimum Gasteiger partial charge on any atom is -0.496 e. The van der Waals surface area contributed by atoms with Crippen LogP contribution >= 0.6 is 11.3 Å². The highest BCUT2D eigenvalue weighted by molar-refractivity contribution is 7.15. The Kier molecular flexibility index (Phi) is 7.37. The van der Waals surface area contributed by atoms with Gasteiger partial charge < -0.3 is 14.7 Å². The number of aliphatic hydroxyl groups is 1. The van der Waals surface area contributed by atoms with E-state index in [1.54, 1.807) is 26.3 Å². The van der Waals surface area contributed by atoms with Crippen molar-refractivity contribution in [3.63, 3.8) is 0 Å². The molecule has 2 N–H and O–H groups in total. The van der Waals surface area contributed by atoms with Gasteiger partial charge in [-0.05, 0) is 30.2 Å². The maximum absolute atomic E-state index is 13.7. The molecule has 30 heavy (non-hydrogen) atoms. The van der Waals surface area contributed by atoms with Crippen molar-refractivity contribution in [3.05, 3.63) is 76.0 Å². The van der Waals surface area contributed by atoms with Gasteiger partial charge in [0.2, 0.25) is 0 Å². The maximum atomic E-state index is 13.7. The minimum absolute atomic E-state index is 0.162. The molecule has 0 spiro atoms. The summed E-state index contributed by atoms with van der Waals surface area (Å²) < 4.78 is 19.1. The lowest BCUT2D eigenvalue weighted by molar-refractivity contribution is 0.184. The smallest absolute Gasteiger partial charge is 0.324 e. The van der Waals surface area contributed by atoms with Gasteiger partial charge >= 0.3 is 6.03 Å². The number of carbonyl (C=O) groups is 1. The number of ether oxygens (including phenoxy) is 1. The number of hydrogen-bond donors (Lipinski definition) is 2. The summed E-state index contributed by atoms with van der Waals surface area (Å²) in [6.07, 6.45) is 2.21. The Balaban J connectivity index is 1.66. The zero-order chi connectivity index (χ0) is 21.5. The number of urea groups is 1. The number of nitrogens with zero attached hydrogens (tertiary/aromatic N) is 2. The number of anilines is 1. The largest absolute Gasteiger partial charge is 0.496 e. The lowest BCUT2D eigenvalue weighted by Gasteiger charge is -2.22. The highest BCUT2D eigenvalue weighted by atomic mass is 32.1. The van der Waals surface area contributed by atoms with Crippen LogP contribution in [0.1, 0.15) is 21.6 Å². The molecule has 0 saturated carbocycles. The average Bonchev–Trinajstić information content (AvgIpc) is 3.17. The summed E-state index contributed by atoms with van der Waals surface area (Å²) >= 11 is 1.34. The molecule has 0 bridgehead atoms. The Morgan fingerprint density at radius 2 is 2.10 bits per heavy atom. The summed E-state index contributed by atoms with van der Waals surface area (Å²) in [5, 5.41) is 12.6. The van der Waals surface area contributed by atoms with Crippen LogP contribution in [-0.2, 0) is 13.0 Å². The highest BCUT2D eigenvalue weighted by Gasteiger charge is 2.17. The maximum Gasteiger partial charge on any atom is 0.324 e. The Bertz CT molecular complexity index is 1010. The number of hydrogen-bond acceptors (Lipinski definition) is 5. The first-order valence-electron chi connectivity index (χ1n) is 9.48. The van der Waals surface area contributed by atoms with Crippen molar-refractivity contribution in [1.82, 2.24) is 9.88 Å². The average molecular weight is 430 g/mol. The molecule has 158 valence electrons. The summed E-state index contributed by atoms with van der Waals surface area (Å²) in [6.45, 7) is 2.02. The van der Waals surface area contributed by atoms with Crippen molar-refractivity contribution in [1.29, 1.82) is 0 Å². The van der Waals surface area contributed by atoms with Crippen molar-refractivity contribution in [2.45, 2.75) is 19.9 Å². The number of thiazole rings is 1. The lowest BCUT2D eigenvalue weighted by atomic mass is 10.1. The van der Waals surface area contributed by atoms with Gasteiger partial charge in [0.05, 0.1) is 20.3 Å². The van der Waals surface area contributed by atoms with Gasteiger partial charge in [-0.15, -0.1) is 11.3 Å². The molecule has 0 aliphatic rings. The number of aromatic nitrogens is 1. The van der Waals surface area contributed by atoms with E-state index in [0.717, 1.165) is 16.0 Å². The van der Waals surface area contributed by atoms with Gasteiger partial charge in [0, 0.05) is 29.6 Å². The van der Waals surface area contributed by atoms with Crippen molar-refractivity contribution in [3.8, 4) is 5.75 Å². The zero-order valence-corrected chi connectivity index (χ0v) is 17.7. The van der Waals surface area contributed by atoms with E-state index in [4.69, 9.17) is 4.74 Å². The second-order valence-electron chi connectivity index (χ2n) is 6.78. The molecule has 0 aliphatic carbocycles. The van der Waals surface area contributed by atoms with Gasteiger partial charge in [-0.3, -0.25) is 5.32 Å². The van der Waals surface area contributed by atoms with Crippen molar-refractivity contribution in [2.24, 2.45) is 0 Å². The standard InChI is InChI=1S/C22H24FN3O3S/c1-15-7-8-16(12-19(15)23)11-18-13-24-21(30-18)25-22(28)26(9-10-27)14-17-5-3-4-6-20(17)29-2/h3-8,12-13,27H,9-11,14H2,1-2H3,(H,24,25,28). The molecule has 0 unspecified atom stereocenters. The van der Waals surface area contributed by atoms with E-state index in [1.807, 2.05) is 30.3 Å². The molecular formula is C22H24FN3O3S. The van der Waals surface area contributed by atoms with E-state index in [2.05, 4.69) is 10.3 Å². The summed E-state index contributed by atoms with van der Waals surface area (Å²) in [4.78, 5) is 19.4. The van der Waals surface area contributed by atoms with Gasteiger partial charge in [-0.1, -0.05) is 30.3 Å². The highest BCUT2D eigenvalue weighted by Crippen LogP contribution is 2.23. The third kappa shape index (κ3) is 5.55. The summed E-state index contributed by atoms with van der Waals surface area (Å²) in [6, 6.07) is 12.2. The molecular weight excluding hydrogens is 405 g/mol. The Morgan fingerprint density at radius 3 is 2.83 bits per heavy atom. The third-order valence-electron chi connectivity index (χ3n) is 4.59. The molecule has 1 aromatic heterocycles. The van der Waals surface area contributed by atoms with E-state index in [-0.39, 0.29) is 31.5 Å². The summed E-state index contributed by atoms with van der Waals surface area (Å²) in [7, 11) is 1.58. The predicted octanol–water partition coefficient (Wildman–Crippen LogP) is 4.22. The minimum atomic E-state index is -0.364. The Labute approximate surface area is 179 Å². The number of aryl methyl sites for hydroxylation is 1. The molecule has 8 heteroatoms. The summed E-state index contributed by atoms with van der Waals surface area (Å²) in [5.74, 6) is 0.441. The first-order valence-corrected chi connectivity index (χ1v) is 10.3. The van der Waals surface area contributed by atoms with Crippen LogP contribution in [0, 0.1) is 12.7 Å². The molecule has 3 rings (SSSR count). The number of aliphatic hydroxyl groups excluding tert-OH is 1. The fourth-order valence-electron chi connectivity index (χ4n) is 2.98. The summed E-state index contributed by atoms with van der Waals surface area (Å²) in [5.41, 5.74) is 2.29. The SMILES string of the molecule is COc1ccccc1CN(CCO)C(=O)Nc1ncc(Cc2ccc(C)c(F)c2)s1. The molecule has 2 aromatic carbocycles. The van der Waals surface area contributed by atoms with E-state index < -0.39 is 0 Å². The number of rotatable bonds is 8. The van der Waals surface area contributed by atoms with Gasteiger partial charge in [0.15, 0.2) is 5.13 Å². The van der Waals surface area contributed by atoms with E-state index in [9.17, 15) is 14.3 Å². The number of carbonyl (C=O) groups excluding carboxylic acids is 1. The number of para-hydroxylation sites is 1. The molecule has 0 aliphatic heterocycles. The zero-order valence-electron chi connectivity index (χ0n) is 16.9. The Hall–Kier alpha value is -2.97.